The molecule has 1 N–H and O–H groups in total. The Labute approximate surface area is 124 Å². The van der Waals surface area contributed by atoms with Crippen molar-refractivity contribution >= 4 is 17.4 Å². The summed E-state index contributed by atoms with van der Waals surface area (Å²) < 4.78 is 2.29. The first kappa shape index (κ1) is 13.6. The van der Waals surface area contributed by atoms with Crippen LogP contribution in [0.1, 0.15) is 12.5 Å². The summed E-state index contributed by atoms with van der Waals surface area (Å²) in [7, 11) is 0. The lowest BCUT2D eigenvalue weighted by Gasteiger charge is -2.15. The maximum absolute atomic E-state index is 4.37. The third-order valence-corrected chi connectivity index (χ3v) is 4.70. The Balaban J connectivity index is 1.92. The summed E-state index contributed by atoms with van der Waals surface area (Å²) in [5.41, 5.74) is 5.23. The summed E-state index contributed by atoms with van der Waals surface area (Å²) in [6, 6.07) is 6.57. The smallest absolute Gasteiger partial charge is 0.0951 e. The molecule has 0 radical (unpaired) electrons. The van der Waals surface area contributed by atoms with Crippen LogP contribution in [-0.2, 0) is 13.0 Å². The molecule has 0 bridgehead atoms. The molecule has 0 spiro atoms. The number of thioether (sulfide) groups is 1. The van der Waals surface area contributed by atoms with Gasteiger partial charge in [-0.25, -0.2) is 4.98 Å². The number of rotatable bonds is 5. The Bertz CT molecular complexity index is 591. The number of nitrogens with zero attached hydrogens (tertiary/aromatic N) is 2. The summed E-state index contributed by atoms with van der Waals surface area (Å²) in [4.78, 5) is 4.37. The Kier molecular flexibility index (Phi) is 4.01. The van der Waals surface area contributed by atoms with Crippen LogP contribution in [0.15, 0.2) is 30.7 Å². The van der Waals surface area contributed by atoms with E-state index in [4.69, 9.17) is 0 Å². The zero-order valence-electron chi connectivity index (χ0n) is 12.1. The molecule has 0 saturated heterocycles. The molecule has 2 aromatic rings. The predicted octanol–water partition coefficient (Wildman–Crippen LogP) is 3.52. The summed E-state index contributed by atoms with van der Waals surface area (Å²) in [5.74, 6) is 1.84. The van der Waals surface area contributed by atoms with Crippen molar-refractivity contribution in [2.45, 2.75) is 19.9 Å². The van der Waals surface area contributed by atoms with Gasteiger partial charge in [-0.2, -0.15) is 11.8 Å². The molecule has 1 unspecified atom stereocenters. The first-order valence-electron chi connectivity index (χ1n) is 7.15. The van der Waals surface area contributed by atoms with Crippen LogP contribution in [0.4, 0.5) is 5.69 Å². The van der Waals surface area contributed by atoms with E-state index in [1.165, 1.54) is 28.3 Å². The number of nitrogens with one attached hydrogen (secondary N) is 1. The van der Waals surface area contributed by atoms with E-state index in [9.17, 15) is 0 Å². The van der Waals surface area contributed by atoms with Crippen LogP contribution in [-0.4, -0.2) is 28.1 Å². The second-order valence-corrected chi connectivity index (χ2v) is 6.42. The lowest BCUT2D eigenvalue weighted by atomic mass is 10.0. The molecule has 1 aliphatic heterocycles. The number of imidazole rings is 1. The van der Waals surface area contributed by atoms with E-state index in [2.05, 4.69) is 46.2 Å². The number of hydrogen-bond acceptors (Lipinski definition) is 3. The molecule has 106 valence electrons. The van der Waals surface area contributed by atoms with Gasteiger partial charge in [-0.3, -0.25) is 0 Å². The molecular weight excluding hydrogens is 266 g/mol. The van der Waals surface area contributed by atoms with Crippen LogP contribution in [0.5, 0.6) is 0 Å². The van der Waals surface area contributed by atoms with Crippen molar-refractivity contribution in [1.82, 2.24) is 9.55 Å². The second-order valence-electron chi connectivity index (χ2n) is 5.51. The van der Waals surface area contributed by atoms with Crippen molar-refractivity contribution in [2.24, 2.45) is 5.92 Å². The molecule has 0 fully saturated rings. The van der Waals surface area contributed by atoms with E-state index in [1.807, 2.05) is 24.3 Å². The van der Waals surface area contributed by atoms with E-state index >= 15 is 0 Å². The molecule has 0 saturated carbocycles. The van der Waals surface area contributed by atoms with Gasteiger partial charge in [-0.1, -0.05) is 25.1 Å². The fourth-order valence-electron chi connectivity index (χ4n) is 2.92. The summed E-state index contributed by atoms with van der Waals surface area (Å²) >= 11 is 1.91. The van der Waals surface area contributed by atoms with E-state index < -0.39 is 0 Å². The maximum atomic E-state index is 4.37. The van der Waals surface area contributed by atoms with Gasteiger partial charge in [0.1, 0.15) is 0 Å². The number of fused-ring (bicyclic) bond motifs is 1. The molecule has 1 aromatic heterocycles. The Morgan fingerprint density at radius 3 is 3.20 bits per heavy atom. The van der Waals surface area contributed by atoms with Gasteiger partial charge in [-0.05, 0) is 29.9 Å². The highest BCUT2D eigenvalue weighted by Gasteiger charge is 2.17. The number of benzene rings is 1. The lowest BCUT2D eigenvalue weighted by Crippen LogP contribution is -2.10. The van der Waals surface area contributed by atoms with Crippen molar-refractivity contribution in [3.05, 3.63) is 36.3 Å². The highest BCUT2D eigenvalue weighted by atomic mass is 32.2. The van der Waals surface area contributed by atoms with Crippen LogP contribution in [0, 0.1) is 5.92 Å². The number of aromatic nitrogens is 2. The van der Waals surface area contributed by atoms with Crippen LogP contribution in [0.25, 0.3) is 11.3 Å². The largest absolute Gasteiger partial charge is 0.384 e. The number of anilines is 1. The van der Waals surface area contributed by atoms with Crippen LogP contribution in [0.2, 0.25) is 0 Å². The molecule has 0 amide bonds. The topological polar surface area (TPSA) is 29.9 Å². The van der Waals surface area contributed by atoms with Crippen molar-refractivity contribution < 1.29 is 0 Å². The Morgan fingerprint density at radius 2 is 2.35 bits per heavy atom. The Morgan fingerprint density at radius 1 is 1.45 bits per heavy atom. The fourth-order valence-corrected chi connectivity index (χ4v) is 3.59. The van der Waals surface area contributed by atoms with Gasteiger partial charge >= 0.3 is 0 Å². The molecule has 2 heterocycles. The van der Waals surface area contributed by atoms with Gasteiger partial charge in [0.05, 0.1) is 18.2 Å². The van der Waals surface area contributed by atoms with Gasteiger partial charge in [-0.15, -0.1) is 0 Å². The highest BCUT2D eigenvalue weighted by Crippen LogP contribution is 2.34. The van der Waals surface area contributed by atoms with E-state index in [0.717, 1.165) is 19.5 Å². The predicted molar refractivity (Wildman–Crippen MR) is 87.4 cm³/mol. The van der Waals surface area contributed by atoms with Crippen molar-refractivity contribution in [2.75, 3.05) is 23.9 Å². The van der Waals surface area contributed by atoms with Gasteiger partial charge in [0.15, 0.2) is 0 Å². The monoisotopic (exact) mass is 287 g/mol. The first-order chi connectivity index (χ1) is 9.79. The molecule has 20 heavy (non-hydrogen) atoms. The van der Waals surface area contributed by atoms with Crippen molar-refractivity contribution in [3.8, 4) is 11.3 Å². The Hall–Kier alpha value is -1.42. The number of hydrogen-bond donors (Lipinski definition) is 1. The molecule has 1 aliphatic rings. The maximum Gasteiger partial charge on any atom is 0.0951 e. The molecular formula is C16H21N3S. The van der Waals surface area contributed by atoms with E-state index in [0.29, 0.717) is 5.92 Å². The van der Waals surface area contributed by atoms with Crippen LogP contribution < -0.4 is 5.32 Å². The fraction of sp³-hybridized carbons (Fsp3) is 0.438. The summed E-state index contributed by atoms with van der Waals surface area (Å²) in [6.07, 6.45) is 7.24. The quantitative estimate of drug-likeness (QED) is 0.912. The highest BCUT2D eigenvalue weighted by molar-refractivity contribution is 7.98. The normalized spacial score (nSPS) is 14.9. The molecule has 4 heteroatoms. The van der Waals surface area contributed by atoms with Crippen LogP contribution >= 0.6 is 11.8 Å². The summed E-state index contributed by atoms with van der Waals surface area (Å²) in [6.45, 7) is 4.37. The zero-order valence-corrected chi connectivity index (χ0v) is 12.9. The minimum absolute atomic E-state index is 0.655. The van der Waals surface area contributed by atoms with E-state index in [-0.39, 0.29) is 0 Å². The summed E-state index contributed by atoms with van der Waals surface area (Å²) in [5, 5.41) is 3.52. The molecule has 3 nitrogen and oxygen atoms in total. The van der Waals surface area contributed by atoms with Crippen molar-refractivity contribution in [1.29, 1.82) is 0 Å². The third-order valence-electron chi connectivity index (χ3n) is 3.79. The average Bonchev–Trinajstić information content (AvgIpc) is 3.06. The van der Waals surface area contributed by atoms with Gasteiger partial charge in [0, 0.05) is 24.3 Å². The van der Waals surface area contributed by atoms with Crippen molar-refractivity contribution in [3.63, 3.8) is 0 Å². The molecule has 0 aliphatic carbocycles. The lowest BCUT2D eigenvalue weighted by molar-refractivity contribution is 0.534. The average molecular weight is 287 g/mol. The zero-order chi connectivity index (χ0) is 13.9. The minimum atomic E-state index is 0.655. The van der Waals surface area contributed by atoms with Gasteiger partial charge < -0.3 is 9.88 Å². The molecule has 1 atom stereocenters. The molecule has 1 aromatic carbocycles. The van der Waals surface area contributed by atoms with Crippen LogP contribution in [0.3, 0.4) is 0 Å². The second kappa shape index (κ2) is 5.92. The van der Waals surface area contributed by atoms with E-state index in [1.54, 1.807) is 0 Å². The number of para-hydroxylation sites is 1. The SMILES string of the molecule is CSCC(C)Cn1cncc1-c1cccc2c1NCC2. The standard InChI is InChI=1S/C16H21N3S/c1-12(10-20-2)9-19-11-17-8-15(19)14-5-3-4-13-6-7-18-16(13)14/h3-5,8,11-12,18H,6-7,9-10H2,1-2H3. The third kappa shape index (κ3) is 2.57. The minimum Gasteiger partial charge on any atom is -0.384 e. The first-order valence-corrected chi connectivity index (χ1v) is 8.54. The van der Waals surface area contributed by atoms with Gasteiger partial charge in [0.25, 0.3) is 0 Å². The molecule has 3 rings (SSSR count). The van der Waals surface area contributed by atoms with Gasteiger partial charge in [0.2, 0.25) is 0 Å².